The Kier molecular flexibility index (Phi) is 8.42. The Morgan fingerprint density at radius 3 is 2.10 bits per heavy atom. The zero-order chi connectivity index (χ0) is 30.5. The molecule has 0 saturated carbocycles. The Balaban J connectivity index is 1.24. The molecular formula is C33H51N5O4. The fourth-order valence-electron chi connectivity index (χ4n) is 7.58. The van der Waals surface area contributed by atoms with Crippen molar-refractivity contribution in [1.29, 1.82) is 0 Å². The minimum Gasteiger partial charge on any atom is -0.490 e. The van der Waals surface area contributed by atoms with E-state index in [4.69, 9.17) is 4.74 Å². The van der Waals surface area contributed by atoms with Crippen molar-refractivity contribution in [2.45, 2.75) is 117 Å². The van der Waals surface area contributed by atoms with Crippen LogP contribution in [0.3, 0.4) is 0 Å². The van der Waals surface area contributed by atoms with Gasteiger partial charge in [0.15, 0.2) is 0 Å². The van der Waals surface area contributed by atoms with Crippen molar-refractivity contribution in [1.82, 2.24) is 24.9 Å². The summed E-state index contributed by atoms with van der Waals surface area (Å²) >= 11 is 0. The highest BCUT2D eigenvalue weighted by atomic mass is 16.5. The number of carbonyl (C=O) groups is 3. The second kappa shape index (κ2) is 11.6. The molecule has 2 saturated heterocycles. The lowest BCUT2D eigenvalue weighted by molar-refractivity contribution is -0.129. The number of likely N-dealkylation sites (tertiary alicyclic amines) is 2. The van der Waals surface area contributed by atoms with Crippen LogP contribution in [0, 0.1) is 11.8 Å². The van der Waals surface area contributed by atoms with E-state index in [0.29, 0.717) is 5.92 Å². The first kappa shape index (κ1) is 30.5. The molecular weight excluding hydrogens is 530 g/mol. The third kappa shape index (κ3) is 5.93. The Morgan fingerprint density at radius 2 is 1.50 bits per heavy atom. The lowest BCUT2D eigenvalue weighted by atomic mass is 9.96. The van der Waals surface area contributed by atoms with Gasteiger partial charge in [-0.1, -0.05) is 34.1 Å². The fourth-order valence-corrected chi connectivity index (χ4v) is 7.58. The van der Waals surface area contributed by atoms with E-state index < -0.39 is 0 Å². The van der Waals surface area contributed by atoms with Gasteiger partial charge >= 0.3 is 0 Å². The van der Waals surface area contributed by atoms with E-state index in [0.717, 1.165) is 69.0 Å². The normalized spacial score (nSPS) is 30.9. The number of nitrogens with zero attached hydrogens (tertiary/aromatic N) is 4. The van der Waals surface area contributed by atoms with Crippen molar-refractivity contribution in [2.75, 3.05) is 26.2 Å². The lowest BCUT2D eigenvalue weighted by Crippen LogP contribution is -2.48. The molecule has 0 aromatic heterocycles. The molecule has 1 unspecified atom stereocenters. The van der Waals surface area contributed by atoms with Crippen LogP contribution >= 0.6 is 0 Å². The Hall–Kier alpha value is -2.97. The van der Waals surface area contributed by atoms with Gasteiger partial charge in [0.2, 0.25) is 11.8 Å². The molecule has 9 nitrogen and oxygen atoms in total. The molecule has 5 aliphatic rings. The highest BCUT2D eigenvalue weighted by Crippen LogP contribution is 2.38. The zero-order valence-electron chi connectivity index (χ0n) is 26.9. The first-order valence-electron chi connectivity index (χ1n) is 16.1. The monoisotopic (exact) mass is 581 g/mol. The zero-order valence-corrected chi connectivity index (χ0v) is 26.9. The minimum atomic E-state index is -0.366. The van der Waals surface area contributed by atoms with Gasteiger partial charge in [-0.2, -0.15) is 0 Å². The molecule has 3 amide bonds. The summed E-state index contributed by atoms with van der Waals surface area (Å²) in [5.41, 5.74) is 1.76. The molecule has 232 valence electrons. The number of hydrogen-bond donors (Lipinski definition) is 1. The standard InChI is InChI=1S/C33H51N5O4/c1-9-21(4)32-28(42-33(6,7)8)17-31(41)38(32)24-11-12-35(19-24)26-16-30(40)37(22(26)5)23-10-13-36(18-23)27-15-29(39)34-25(27)14-20(2)3/h15-17,20-25,32H,9-14,18-19H2,1-8H3,(H,34,39)/t21-,22-,23?,24-,25-,32-/m0/s1. The molecule has 0 radical (unpaired) electrons. The van der Waals surface area contributed by atoms with Gasteiger partial charge in [-0.05, 0) is 58.8 Å². The molecule has 5 rings (SSSR count). The van der Waals surface area contributed by atoms with Gasteiger partial charge in [-0.25, -0.2) is 0 Å². The predicted molar refractivity (Wildman–Crippen MR) is 163 cm³/mol. The summed E-state index contributed by atoms with van der Waals surface area (Å²) < 4.78 is 6.29. The van der Waals surface area contributed by atoms with Crippen LogP contribution in [0.5, 0.6) is 0 Å². The molecule has 1 N–H and O–H groups in total. The van der Waals surface area contributed by atoms with Crippen LogP contribution in [0.25, 0.3) is 0 Å². The Labute approximate surface area is 252 Å². The number of nitrogens with one attached hydrogen (secondary N) is 1. The maximum Gasteiger partial charge on any atom is 0.250 e. The molecule has 42 heavy (non-hydrogen) atoms. The summed E-state index contributed by atoms with van der Waals surface area (Å²) in [5.74, 6) is 1.64. The van der Waals surface area contributed by atoms with Crippen LogP contribution in [-0.4, -0.2) is 99.3 Å². The van der Waals surface area contributed by atoms with Crippen LogP contribution in [0.1, 0.15) is 81.1 Å². The van der Waals surface area contributed by atoms with Gasteiger partial charge in [-0.15, -0.1) is 0 Å². The molecule has 2 fully saturated rings. The second-order valence-electron chi connectivity index (χ2n) is 14.4. The summed E-state index contributed by atoms with van der Waals surface area (Å²) in [6.45, 7) is 20.1. The first-order valence-corrected chi connectivity index (χ1v) is 16.1. The van der Waals surface area contributed by atoms with E-state index in [1.165, 1.54) is 0 Å². The van der Waals surface area contributed by atoms with Crippen molar-refractivity contribution in [2.24, 2.45) is 11.8 Å². The van der Waals surface area contributed by atoms with Crippen molar-refractivity contribution in [3.8, 4) is 0 Å². The third-order valence-corrected chi connectivity index (χ3v) is 9.59. The molecule has 0 spiro atoms. The molecule has 5 aliphatic heterocycles. The fraction of sp³-hybridized carbons (Fsp3) is 0.727. The average molecular weight is 582 g/mol. The topological polar surface area (TPSA) is 85.4 Å². The van der Waals surface area contributed by atoms with Gasteiger partial charge in [0.1, 0.15) is 11.4 Å². The Bertz CT molecular complexity index is 1180. The molecule has 5 heterocycles. The van der Waals surface area contributed by atoms with Crippen LogP contribution in [0.2, 0.25) is 0 Å². The molecule has 0 aliphatic carbocycles. The van der Waals surface area contributed by atoms with Crippen molar-refractivity contribution >= 4 is 17.7 Å². The van der Waals surface area contributed by atoms with Gasteiger partial charge in [0.05, 0.1) is 30.2 Å². The largest absolute Gasteiger partial charge is 0.490 e. The van der Waals surface area contributed by atoms with E-state index in [-0.39, 0.29) is 59.4 Å². The molecule has 0 aromatic carbocycles. The van der Waals surface area contributed by atoms with Crippen molar-refractivity contribution in [3.05, 3.63) is 35.4 Å². The van der Waals surface area contributed by atoms with E-state index in [9.17, 15) is 14.4 Å². The maximum atomic E-state index is 13.4. The van der Waals surface area contributed by atoms with E-state index in [1.54, 1.807) is 12.2 Å². The van der Waals surface area contributed by atoms with Gasteiger partial charge in [-0.3, -0.25) is 14.4 Å². The van der Waals surface area contributed by atoms with Crippen LogP contribution in [0.15, 0.2) is 35.4 Å². The molecule has 0 bridgehead atoms. The van der Waals surface area contributed by atoms with E-state index in [2.05, 4.69) is 54.6 Å². The quantitative estimate of drug-likeness (QED) is 0.448. The number of ether oxygens (including phenoxy) is 1. The third-order valence-electron chi connectivity index (χ3n) is 9.59. The number of carbonyl (C=O) groups excluding carboxylic acids is 3. The number of amides is 3. The van der Waals surface area contributed by atoms with Gasteiger partial charge in [0.25, 0.3) is 5.91 Å². The predicted octanol–water partition coefficient (Wildman–Crippen LogP) is 3.63. The molecule has 6 atom stereocenters. The van der Waals surface area contributed by atoms with Crippen LogP contribution < -0.4 is 5.32 Å². The summed E-state index contributed by atoms with van der Waals surface area (Å²) in [6.07, 6.45) is 8.90. The smallest absolute Gasteiger partial charge is 0.250 e. The summed E-state index contributed by atoms with van der Waals surface area (Å²) in [7, 11) is 0. The minimum absolute atomic E-state index is 0.0170. The molecule has 9 heteroatoms. The first-order chi connectivity index (χ1) is 19.8. The average Bonchev–Trinajstić information content (AvgIpc) is 3.70. The van der Waals surface area contributed by atoms with Crippen LogP contribution in [-0.2, 0) is 19.1 Å². The highest BCUT2D eigenvalue weighted by Gasteiger charge is 2.47. The number of hydrogen-bond acceptors (Lipinski definition) is 6. The van der Waals surface area contributed by atoms with Crippen molar-refractivity contribution < 1.29 is 19.1 Å². The maximum absolute atomic E-state index is 13.4. The SMILES string of the molecule is CC[C@H](C)[C@H]1C(OC(C)(C)C)=CC(=O)N1[C@H]1CCN(C2=CC(=O)N(C3CCN(C4=CC(=O)N[C@H]4CC(C)C)C3)[C@H]2C)C1. The summed E-state index contributed by atoms with van der Waals surface area (Å²) in [6, 6.07) is 0.143. The highest BCUT2D eigenvalue weighted by molar-refractivity contribution is 5.93. The lowest BCUT2D eigenvalue weighted by Gasteiger charge is -2.37. The Morgan fingerprint density at radius 1 is 0.905 bits per heavy atom. The van der Waals surface area contributed by atoms with Crippen LogP contribution in [0.4, 0.5) is 0 Å². The van der Waals surface area contributed by atoms with E-state index in [1.807, 2.05) is 31.7 Å². The van der Waals surface area contributed by atoms with Gasteiger partial charge in [0, 0.05) is 55.8 Å². The van der Waals surface area contributed by atoms with Gasteiger partial charge < -0.3 is 29.7 Å². The molecule has 0 aromatic rings. The second-order valence-corrected chi connectivity index (χ2v) is 14.4. The van der Waals surface area contributed by atoms with E-state index >= 15 is 0 Å². The van der Waals surface area contributed by atoms with Crippen molar-refractivity contribution in [3.63, 3.8) is 0 Å². The summed E-state index contributed by atoms with van der Waals surface area (Å²) in [5, 5.41) is 3.11. The summed E-state index contributed by atoms with van der Waals surface area (Å²) in [4.78, 5) is 47.7. The number of rotatable bonds is 9.